The predicted molar refractivity (Wildman–Crippen MR) is 67.7 cm³/mol. The first-order valence-electron chi connectivity index (χ1n) is 5.81. The number of aliphatic hydroxyl groups excluding tert-OH is 1. The van der Waals surface area contributed by atoms with Gasteiger partial charge in [0.05, 0.1) is 6.61 Å². The Labute approximate surface area is 111 Å². The van der Waals surface area contributed by atoms with Crippen LogP contribution in [0.3, 0.4) is 0 Å². The Morgan fingerprint density at radius 2 is 2.16 bits per heavy atom. The number of methoxy groups -OCH3 is 1. The number of nitrogens with one attached hydrogen (secondary N) is 1. The highest BCUT2D eigenvalue weighted by Gasteiger charge is 2.19. The van der Waals surface area contributed by atoms with Gasteiger partial charge >= 0.3 is 5.97 Å². The number of amides is 1. The van der Waals surface area contributed by atoms with E-state index >= 15 is 0 Å². The van der Waals surface area contributed by atoms with Gasteiger partial charge in [0.25, 0.3) is 5.91 Å². The smallest absolute Gasteiger partial charge is 0.326 e. The molecule has 3 N–H and O–H groups in total. The molecule has 0 radical (unpaired) electrons. The van der Waals surface area contributed by atoms with Crippen LogP contribution in [-0.2, 0) is 16.1 Å². The predicted octanol–water partition coefficient (Wildman–Crippen LogP) is 0.398. The number of rotatable bonds is 7. The summed E-state index contributed by atoms with van der Waals surface area (Å²) in [5, 5.41) is 20.0. The lowest BCUT2D eigenvalue weighted by molar-refractivity contribution is -0.139. The fourth-order valence-corrected chi connectivity index (χ4v) is 1.60. The molecule has 104 valence electrons. The van der Waals surface area contributed by atoms with Crippen molar-refractivity contribution in [3.05, 3.63) is 35.4 Å². The highest BCUT2D eigenvalue weighted by Crippen LogP contribution is 2.07. The normalized spacial score (nSPS) is 11.9. The Balaban J connectivity index is 2.76. The highest BCUT2D eigenvalue weighted by molar-refractivity contribution is 5.96. The molecule has 6 heteroatoms. The van der Waals surface area contributed by atoms with Crippen LogP contribution in [0.5, 0.6) is 0 Å². The van der Waals surface area contributed by atoms with Crippen molar-refractivity contribution >= 4 is 11.9 Å². The fraction of sp³-hybridized carbons (Fsp3) is 0.385. The van der Waals surface area contributed by atoms with Gasteiger partial charge in [-0.15, -0.1) is 0 Å². The Morgan fingerprint density at radius 1 is 1.42 bits per heavy atom. The molecule has 19 heavy (non-hydrogen) atoms. The lowest BCUT2D eigenvalue weighted by Gasteiger charge is -2.13. The van der Waals surface area contributed by atoms with Crippen molar-refractivity contribution in [1.82, 2.24) is 5.32 Å². The summed E-state index contributed by atoms with van der Waals surface area (Å²) in [5.41, 5.74) is 1.18. The third kappa shape index (κ3) is 4.69. The Morgan fingerprint density at radius 3 is 2.74 bits per heavy atom. The van der Waals surface area contributed by atoms with E-state index in [1.807, 2.05) is 6.07 Å². The average Bonchev–Trinajstić information content (AvgIpc) is 2.38. The fourth-order valence-electron chi connectivity index (χ4n) is 1.60. The lowest BCUT2D eigenvalue weighted by Crippen LogP contribution is -2.41. The molecule has 0 bridgehead atoms. The quantitative estimate of drug-likeness (QED) is 0.664. The van der Waals surface area contributed by atoms with Gasteiger partial charge < -0.3 is 20.3 Å². The molecule has 0 unspecified atom stereocenters. The van der Waals surface area contributed by atoms with Crippen molar-refractivity contribution in [2.75, 3.05) is 13.7 Å². The second-order valence-electron chi connectivity index (χ2n) is 4.01. The van der Waals surface area contributed by atoms with Crippen LogP contribution in [0, 0.1) is 0 Å². The van der Waals surface area contributed by atoms with Crippen LogP contribution in [0.25, 0.3) is 0 Å². The molecule has 0 aliphatic carbocycles. The van der Waals surface area contributed by atoms with E-state index in [0.717, 1.165) is 5.56 Å². The molecule has 0 fully saturated rings. The van der Waals surface area contributed by atoms with E-state index in [9.17, 15) is 9.59 Å². The number of benzene rings is 1. The molecule has 6 nitrogen and oxygen atoms in total. The minimum Gasteiger partial charge on any atom is -0.480 e. The van der Waals surface area contributed by atoms with Crippen molar-refractivity contribution in [3.8, 4) is 0 Å². The first-order chi connectivity index (χ1) is 9.08. The van der Waals surface area contributed by atoms with Crippen LogP contribution < -0.4 is 5.32 Å². The molecule has 1 aromatic rings. The molecule has 1 aromatic carbocycles. The molecule has 0 aromatic heterocycles. The van der Waals surface area contributed by atoms with Crippen LogP contribution in [0.2, 0.25) is 0 Å². The SMILES string of the molecule is COCc1cccc(C(=O)N[C@@H](CCO)C(=O)O)c1. The monoisotopic (exact) mass is 267 g/mol. The Kier molecular flexibility index (Phi) is 5.98. The summed E-state index contributed by atoms with van der Waals surface area (Å²) < 4.78 is 4.96. The van der Waals surface area contributed by atoms with E-state index < -0.39 is 17.9 Å². The van der Waals surface area contributed by atoms with Crippen LogP contribution in [0.15, 0.2) is 24.3 Å². The van der Waals surface area contributed by atoms with Gasteiger partial charge in [0.2, 0.25) is 0 Å². The number of carbonyl (C=O) groups excluding carboxylic acids is 1. The maximum absolute atomic E-state index is 11.9. The van der Waals surface area contributed by atoms with Gasteiger partial charge in [-0.3, -0.25) is 4.79 Å². The molecular formula is C13H17NO5. The second-order valence-corrected chi connectivity index (χ2v) is 4.01. The van der Waals surface area contributed by atoms with Crippen molar-refractivity contribution in [2.24, 2.45) is 0 Å². The third-order valence-corrected chi connectivity index (χ3v) is 2.52. The number of ether oxygens (including phenoxy) is 1. The van der Waals surface area contributed by atoms with E-state index in [2.05, 4.69) is 5.32 Å². The number of carboxylic acid groups (broad SMARTS) is 1. The number of hydrogen-bond acceptors (Lipinski definition) is 4. The minimum absolute atomic E-state index is 0.0289. The Bertz CT molecular complexity index is 446. The summed E-state index contributed by atoms with van der Waals surface area (Å²) in [4.78, 5) is 22.8. The zero-order chi connectivity index (χ0) is 14.3. The maximum Gasteiger partial charge on any atom is 0.326 e. The van der Waals surface area contributed by atoms with E-state index in [1.165, 1.54) is 0 Å². The number of hydrogen-bond donors (Lipinski definition) is 3. The van der Waals surface area contributed by atoms with Crippen LogP contribution in [0.4, 0.5) is 0 Å². The second kappa shape index (κ2) is 7.50. The number of carboxylic acids is 1. The first-order valence-corrected chi connectivity index (χ1v) is 5.81. The van der Waals surface area contributed by atoms with Crippen LogP contribution >= 0.6 is 0 Å². The summed E-state index contributed by atoms with van der Waals surface area (Å²) in [6, 6.07) is 5.64. The van der Waals surface area contributed by atoms with Crippen molar-refractivity contribution < 1.29 is 24.5 Å². The number of aliphatic hydroxyl groups is 1. The summed E-state index contributed by atoms with van der Waals surface area (Å²) in [6.07, 6.45) is -0.0289. The van der Waals surface area contributed by atoms with Gasteiger partial charge in [0.15, 0.2) is 0 Å². The number of carbonyl (C=O) groups is 2. The standard InChI is InChI=1S/C13H17NO5/c1-19-8-9-3-2-4-10(7-9)12(16)14-11(5-6-15)13(17)18/h2-4,7,11,15H,5-6,8H2,1H3,(H,14,16)(H,17,18)/t11-/m0/s1. The van der Waals surface area contributed by atoms with Gasteiger partial charge in [-0.2, -0.15) is 0 Å². The summed E-state index contributed by atoms with van der Waals surface area (Å²) in [7, 11) is 1.55. The molecule has 0 aliphatic rings. The highest BCUT2D eigenvalue weighted by atomic mass is 16.5. The maximum atomic E-state index is 11.9. The first kappa shape index (κ1) is 15.1. The van der Waals surface area contributed by atoms with Crippen LogP contribution in [-0.4, -0.2) is 41.8 Å². The Hall–Kier alpha value is -1.92. The van der Waals surface area contributed by atoms with Crippen molar-refractivity contribution in [3.63, 3.8) is 0 Å². The largest absolute Gasteiger partial charge is 0.480 e. The molecule has 1 rings (SSSR count). The molecular weight excluding hydrogens is 250 g/mol. The van der Waals surface area contributed by atoms with Gasteiger partial charge in [-0.1, -0.05) is 12.1 Å². The zero-order valence-corrected chi connectivity index (χ0v) is 10.6. The molecule has 0 saturated carbocycles. The van der Waals surface area contributed by atoms with E-state index in [-0.39, 0.29) is 13.0 Å². The van der Waals surface area contributed by atoms with Crippen molar-refractivity contribution in [2.45, 2.75) is 19.1 Å². The molecule has 0 saturated heterocycles. The minimum atomic E-state index is -1.17. The third-order valence-electron chi connectivity index (χ3n) is 2.52. The average molecular weight is 267 g/mol. The van der Waals surface area contributed by atoms with Gasteiger partial charge in [0.1, 0.15) is 6.04 Å². The molecule has 0 aliphatic heterocycles. The van der Waals surface area contributed by atoms with Crippen molar-refractivity contribution in [1.29, 1.82) is 0 Å². The summed E-state index contributed by atoms with van der Waals surface area (Å²) >= 11 is 0. The molecule has 0 heterocycles. The van der Waals surface area contributed by atoms with Crippen LogP contribution in [0.1, 0.15) is 22.3 Å². The van der Waals surface area contributed by atoms with E-state index in [1.54, 1.807) is 25.3 Å². The van der Waals surface area contributed by atoms with E-state index in [4.69, 9.17) is 14.9 Å². The molecule has 1 amide bonds. The number of aliphatic carboxylic acids is 1. The molecule has 1 atom stereocenters. The van der Waals surface area contributed by atoms with Gasteiger partial charge in [-0.05, 0) is 17.7 Å². The summed E-state index contributed by atoms with van der Waals surface area (Å²) in [6.45, 7) is 0.0705. The topological polar surface area (TPSA) is 95.9 Å². The van der Waals surface area contributed by atoms with Gasteiger partial charge in [0, 0.05) is 25.7 Å². The zero-order valence-electron chi connectivity index (χ0n) is 10.6. The molecule has 0 spiro atoms. The van der Waals surface area contributed by atoms with Gasteiger partial charge in [-0.25, -0.2) is 4.79 Å². The lowest BCUT2D eigenvalue weighted by atomic mass is 10.1. The van der Waals surface area contributed by atoms with E-state index in [0.29, 0.717) is 12.2 Å². The summed E-state index contributed by atoms with van der Waals surface area (Å²) in [5.74, 6) is -1.66.